The molecule has 3 atom stereocenters. The van der Waals surface area contributed by atoms with Crippen molar-refractivity contribution in [2.75, 3.05) is 32.8 Å². The first-order valence-corrected chi connectivity index (χ1v) is 7.57. The molecule has 4 heteroatoms. The van der Waals surface area contributed by atoms with E-state index in [4.69, 9.17) is 9.84 Å². The van der Waals surface area contributed by atoms with E-state index in [0.717, 1.165) is 38.9 Å². The maximum atomic E-state index is 12.1. The average Bonchev–Trinajstić information content (AvgIpc) is 2.41. The molecular formula is C15H27NO3. The van der Waals surface area contributed by atoms with E-state index in [1.165, 1.54) is 0 Å². The van der Waals surface area contributed by atoms with Crippen LogP contribution in [0.3, 0.4) is 0 Å². The number of carbonyl (C=O) groups is 1. The largest absolute Gasteiger partial charge is 0.394 e. The van der Waals surface area contributed by atoms with Gasteiger partial charge < -0.3 is 9.84 Å². The van der Waals surface area contributed by atoms with Crippen molar-refractivity contribution in [1.29, 1.82) is 0 Å². The molecule has 0 aromatic rings. The van der Waals surface area contributed by atoms with Crippen LogP contribution in [0.2, 0.25) is 0 Å². The molecule has 0 radical (unpaired) electrons. The smallest absolute Gasteiger partial charge is 0.137 e. The zero-order valence-electron chi connectivity index (χ0n) is 12.2. The molecule has 1 aliphatic carbocycles. The lowest BCUT2D eigenvalue weighted by Crippen LogP contribution is -2.47. The zero-order chi connectivity index (χ0) is 13.8. The highest BCUT2D eigenvalue weighted by atomic mass is 16.5. The minimum absolute atomic E-state index is 0.0731. The van der Waals surface area contributed by atoms with Gasteiger partial charge in [0.25, 0.3) is 0 Å². The summed E-state index contributed by atoms with van der Waals surface area (Å²) in [5, 5.41) is 9.16. The Bertz CT molecular complexity index is 306. The molecule has 19 heavy (non-hydrogen) atoms. The third-order valence-corrected chi connectivity index (χ3v) is 4.65. The minimum Gasteiger partial charge on any atom is -0.394 e. The van der Waals surface area contributed by atoms with Crippen molar-refractivity contribution in [3.8, 4) is 0 Å². The normalized spacial score (nSPS) is 33.9. The Labute approximate surface area is 116 Å². The van der Waals surface area contributed by atoms with E-state index in [1.807, 2.05) is 0 Å². The molecule has 0 amide bonds. The Hall–Kier alpha value is -0.450. The molecule has 2 aliphatic rings. The number of hydrogen-bond donors (Lipinski definition) is 1. The quantitative estimate of drug-likeness (QED) is 0.836. The first kappa shape index (κ1) is 14.9. The number of ketones is 1. The van der Waals surface area contributed by atoms with Gasteiger partial charge in [0.1, 0.15) is 5.78 Å². The molecule has 2 fully saturated rings. The number of aliphatic hydroxyl groups is 1. The Morgan fingerprint density at radius 1 is 1.47 bits per heavy atom. The van der Waals surface area contributed by atoms with Crippen molar-refractivity contribution in [3.05, 3.63) is 0 Å². The van der Waals surface area contributed by atoms with Gasteiger partial charge in [-0.05, 0) is 24.7 Å². The monoisotopic (exact) mass is 269 g/mol. The molecular weight excluding hydrogens is 242 g/mol. The molecule has 0 spiro atoms. The number of carbonyl (C=O) groups excluding carboxylic acids is 1. The summed E-state index contributed by atoms with van der Waals surface area (Å²) in [4.78, 5) is 14.4. The number of hydrogen-bond acceptors (Lipinski definition) is 4. The third-order valence-electron chi connectivity index (χ3n) is 4.65. The third kappa shape index (κ3) is 4.01. The van der Waals surface area contributed by atoms with Crippen molar-refractivity contribution in [2.45, 2.75) is 39.2 Å². The van der Waals surface area contributed by atoms with Crippen molar-refractivity contribution in [1.82, 2.24) is 4.90 Å². The topological polar surface area (TPSA) is 49.8 Å². The molecule has 1 saturated heterocycles. The summed E-state index contributed by atoms with van der Waals surface area (Å²) in [6, 6.07) is 0. The van der Waals surface area contributed by atoms with Gasteiger partial charge in [0.15, 0.2) is 0 Å². The van der Waals surface area contributed by atoms with Gasteiger partial charge in [-0.1, -0.05) is 13.8 Å². The van der Waals surface area contributed by atoms with Crippen LogP contribution in [-0.2, 0) is 9.53 Å². The number of aliphatic hydroxyl groups excluding tert-OH is 1. The van der Waals surface area contributed by atoms with Crippen LogP contribution in [0, 0.1) is 17.8 Å². The maximum absolute atomic E-state index is 12.1. The van der Waals surface area contributed by atoms with E-state index in [0.29, 0.717) is 24.2 Å². The SMILES string of the molecule is CC(C)C1CCC(=O)C(CN2CCOC(CO)C2)C1. The van der Waals surface area contributed by atoms with Crippen LogP contribution in [0.1, 0.15) is 33.1 Å². The Morgan fingerprint density at radius 3 is 2.95 bits per heavy atom. The molecule has 1 N–H and O–H groups in total. The summed E-state index contributed by atoms with van der Waals surface area (Å²) in [5.74, 6) is 1.99. The average molecular weight is 269 g/mol. The molecule has 1 aliphatic heterocycles. The first-order valence-electron chi connectivity index (χ1n) is 7.57. The Kier molecular flexibility index (Phi) is 5.37. The van der Waals surface area contributed by atoms with E-state index in [1.54, 1.807) is 0 Å². The molecule has 110 valence electrons. The van der Waals surface area contributed by atoms with Crippen LogP contribution in [0.25, 0.3) is 0 Å². The summed E-state index contributed by atoms with van der Waals surface area (Å²) in [6.45, 7) is 7.74. The second kappa shape index (κ2) is 6.82. The molecule has 0 bridgehead atoms. The second-order valence-electron chi connectivity index (χ2n) is 6.38. The van der Waals surface area contributed by atoms with Gasteiger partial charge in [0.2, 0.25) is 0 Å². The number of nitrogens with zero attached hydrogens (tertiary/aromatic N) is 1. The van der Waals surface area contributed by atoms with Crippen molar-refractivity contribution in [2.24, 2.45) is 17.8 Å². The summed E-state index contributed by atoms with van der Waals surface area (Å²) in [5.41, 5.74) is 0. The highest BCUT2D eigenvalue weighted by Gasteiger charge is 2.32. The van der Waals surface area contributed by atoms with Crippen molar-refractivity contribution in [3.63, 3.8) is 0 Å². The summed E-state index contributed by atoms with van der Waals surface area (Å²) >= 11 is 0. The predicted molar refractivity (Wildman–Crippen MR) is 73.9 cm³/mol. The predicted octanol–water partition coefficient (Wildman–Crippen LogP) is 1.32. The summed E-state index contributed by atoms with van der Waals surface area (Å²) < 4.78 is 5.46. The number of ether oxygens (including phenoxy) is 1. The van der Waals surface area contributed by atoms with Gasteiger partial charge >= 0.3 is 0 Å². The van der Waals surface area contributed by atoms with Crippen LogP contribution in [0.5, 0.6) is 0 Å². The fourth-order valence-corrected chi connectivity index (χ4v) is 3.30. The van der Waals surface area contributed by atoms with Crippen LogP contribution in [0.15, 0.2) is 0 Å². The van der Waals surface area contributed by atoms with Crippen molar-refractivity contribution >= 4 is 5.78 Å². The van der Waals surface area contributed by atoms with Gasteiger partial charge in [-0.25, -0.2) is 0 Å². The van der Waals surface area contributed by atoms with Gasteiger partial charge in [-0.3, -0.25) is 9.69 Å². The van der Waals surface area contributed by atoms with E-state index < -0.39 is 0 Å². The molecule has 0 aromatic carbocycles. The highest BCUT2D eigenvalue weighted by molar-refractivity contribution is 5.82. The van der Waals surface area contributed by atoms with E-state index in [-0.39, 0.29) is 18.6 Å². The maximum Gasteiger partial charge on any atom is 0.137 e. The number of morpholine rings is 1. The fraction of sp³-hybridized carbons (Fsp3) is 0.933. The first-order chi connectivity index (χ1) is 9.10. The van der Waals surface area contributed by atoms with Crippen LogP contribution < -0.4 is 0 Å². The standard InChI is InChI=1S/C15H27NO3/c1-11(2)12-3-4-15(18)13(7-12)8-16-5-6-19-14(9-16)10-17/h11-14,17H,3-10H2,1-2H3. The molecule has 0 aromatic heterocycles. The van der Waals surface area contributed by atoms with Gasteiger partial charge in [-0.2, -0.15) is 0 Å². The number of rotatable bonds is 4. The lowest BCUT2D eigenvalue weighted by molar-refractivity contribution is -0.128. The lowest BCUT2D eigenvalue weighted by atomic mass is 9.75. The molecule has 1 saturated carbocycles. The summed E-state index contributed by atoms with van der Waals surface area (Å²) in [6.07, 6.45) is 2.78. The number of Topliss-reactive ketones (excluding diaryl/α,β-unsaturated/α-hetero) is 1. The Morgan fingerprint density at radius 2 is 2.26 bits per heavy atom. The van der Waals surface area contributed by atoms with E-state index in [2.05, 4.69) is 18.7 Å². The Balaban J connectivity index is 1.87. The van der Waals surface area contributed by atoms with E-state index in [9.17, 15) is 4.79 Å². The zero-order valence-corrected chi connectivity index (χ0v) is 12.2. The van der Waals surface area contributed by atoms with Gasteiger partial charge in [-0.15, -0.1) is 0 Å². The highest BCUT2D eigenvalue weighted by Crippen LogP contribution is 2.32. The van der Waals surface area contributed by atoms with Crippen molar-refractivity contribution < 1.29 is 14.6 Å². The fourth-order valence-electron chi connectivity index (χ4n) is 3.30. The molecule has 2 rings (SSSR count). The second-order valence-corrected chi connectivity index (χ2v) is 6.38. The minimum atomic E-state index is -0.0756. The van der Waals surface area contributed by atoms with Crippen LogP contribution in [0.4, 0.5) is 0 Å². The van der Waals surface area contributed by atoms with Gasteiger partial charge in [0, 0.05) is 32.0 Å². The van der Waals surface area contributed by atoms with Crippen LogP contribution >= 0.6 is 0 Å². The van der Waals surface area contributed by atoms with Crippen LogP contribution in [-0.4, -0.2) is 54.7 Å². The lowest BCUT2D eigenvalue weighted by Gasteiger charge is -2.37. The molecule has 1 heterocycles. The molecule has 4 nitrogen and oxygen atoms in total. The molecule has 3 unspecified atom stereocenters. The van der Waals surface area contributed by atoms with Gasteiger partial charge in [0.05, 0.1) is 19.3 Å². The summed E-state index contributed by atoms with van der Waals surface area (Å²) in [7, 11) is 0. The van der Waals surface area contributed by atoms with E-state index >= 15 is 0 Å².